The second-order valence-corrected chi connectivity index (χ2v) is 9.66. The van der Waals surface area contributed by atoms with Crippen LogP contribution in [0.4, 0.5) is 5.69 Å². The average Bonchev–Trinajstić information content (AvgIpc) is 2.65. The topological polar surface area (TPSA) is 55.9 Å². The second-order valence-electron chi connectivity index (χ2n) is 8.81. The Kier molecular flexibility index (Phi) is 7.71. The SMILES string of the molecule is Cc1ccc(NC(=O)CN2CCN(CC(=O)N3C[C@@H](C)C[C@H](C)C3)CC2)cc1Br. The maximum atomic E-state index is 12.7. The van der Waals surface area contributed by atoms with Crippen molar-refractivity contribution in [2.45, 2.75) is 27.2 Å². The Morgan fingerprint density at radius 3 is 2.21 bits per heavy atom. The number of carbonyl (C=O) groups excluding carboxylic acids is 2. The number of piperidine rings is 1. The molecule has 0 saturated carbocycles. The monoisotopic (exact) mass is 464 g/mol. The Morgan fingerprint density at radius 1 is 1.03 bits per heavy atom. The third-order valence-electron chi connectivity index (χ3n) is 5.87. The van der Waals surface area contributed by atoms with Crippen molar-refractivity contribution in [1.29, 1.82) is 0 Å². The number of rotatable bonds is 5. The molecular weight excluding hydrogens is 432 g/mol. The third kappa shape index (κ3) is 6.52. The minimum Gasteiger partial charge on any atom is -0.341 e. The van der Waals surface area contributed by atoms with E-state index >= 15 is 0 Å². The first-order chi connectivity index (χ1) is 13.8. The predicted molar refractivity (Wildman–Crippen MR) is 120 cm³/mol. The van der Waals surface area contributed by atoms with Gasteiger partial charge in [-0.05, 0) is 42.9 Å². The normalized spacial score (nSPS) is 23.8. The lowest BCUT2D eigenvalue weighted by Gasteiger charge is -2.38. The van der Waals surface area contributed by atoms with Crippen LogP contribution in [0.1, 0.15) is 25.8 Å². The van der Waals surface area contributed by atoms with E-state index in [2.05, 4.69) is 44.9 Å². The summed E-state index contributed by atoms with van der Waals surface area (Å²) in [6.07, 6.45) is 1.21. The Balaban J connectivity index is 1.40. The molecule has 2 atom stereocenters. The van der Waals surface area contributed by atoms with Crippen molar-refractivity contribution < 1.29 is 9.59 Å². The molecule has 7 heteroatoms. The molecular formula is C22H33BrN4O2. The van der Waals surface area contributed by atoms with Gasteiger partial charge >= 0.3 is 0 Å². The summed E-state index contributed by atoms with van der Waals surface area (Å²) in [7, 11) is 0. The summed E-state index contributed by atoms with van der Waals surface area (Å²) in [5.41, 5.74) is 1.95. The fourth-order valence-corrected chi connectivity index (χ4v) is 4.72. The summed E-state index contributed by atoms with van der Waals surface area (Å²) in [6, 6.07) is 5.84. The number of aryl methyl sites for hydroxylation is 1. The summed E-state index contributed by atoms with van der Waals surface area (Å²) < 4.78 is 0.992. The molecule has 2 amide bonds. The summed E-state index contributed by atoms with van der Waals surface area (Å²) >= 11 is 3.50. The number of piperazine rings is 1. The number of amides is 2. The van der Waals surface area contributed by atoms with Crippen molar-refractivity contribution in [1.82, 2.24) is 14.7 Å². The van der Waals surface area contributed by atoms with E-state index in [4.69, 9.17) is 0 Å². The van der Waals surface area contributed by atoms with Crippen LogP contribution in [-0.4, -0.2) is 78.9 Å². The predicted octanol–water partition coefficient (Wildman–Crippen LogP) is 2.82. The second kappa shape index (κ2) is 10.0. The molecule has 6 nitrogen and oxygen atoms in total. The van der Waals surface area contributed by atoms with E-state index in [1.807, 2.05) is 30.0 Å². The molecule has 0 aromatic heterocycles. The molecule has 29 heavy (non-hydrogen) atoms. The number of hydrogen-bond acceptors (Lipinski definition) is 4. The number of anilines is 1. The van der Waals surface area contributed by atoms with Crippen LogP contribution in [0.15, 0.2) is 22.7 Å². The molecule has 0 bridgehead atoms. The van der Waals surface area contributed by atoms with Crippen LogP contribution < -0.4 is 5.32 Å². The van der Waals surface area contributed by atoms with E-state index < -0.39 is 0 Å². The summed E-state index contributed by atoms with van der Waals surface area (Å²) in [4.78, 5) is 31.5. The van der Waals surface area contributed by atoms with Gasteiger partial charge in [-0.15, -0.1) is 0 Å². The van der Waals surface area contributed by atoms with Gasteiger partial charge in [-0.25, -0.2) is 0 Å². The average molecular weight is 465 g/mol. The number of nitrogens with one attached hydrogen (secondary N) is 1. The zero-order valence-corrected chi connectivity index (χ0v) is 19.4. The van der Waals surface area contributed by atoms with Crippen LogP contribution in [0.2, 0.25) is 0 Å². The van der Waals surface area contributed by atoms with Gasteiger partial charge in [-0.2, -0.15) is 0 Å². The lowest BCUT2D eigenvalue weighted by atomic mass is 9.92. The van der Waals surface area contributed by atoms with Crippen molar-refractivity contribution >= 4 is 33.4 Å². The number of nitrogens with zero attached hydrogens (tertiary/aromatic N) is 3. The third-order valence-corrected chi connectivity index (χ3v) is 6.72. The molecule has 2 aliphatic rings. The smallest absolute Gasteiger partial charge is 0.238 e. The molecule has 2 fully saturated rings. The first kappa shape index (κ1) is 22.2. The highest BCUT2D eigenvalue weighted by Gasteiger charge is 2.27. The van der Waals surface area contributed by atoms with Crippen molar-refractivity contribution in [2.24, 2.45) is 11.8 Å². The van der Waals surface area contributed by atoms with Gasteiger partial charge < -0.3 is 10.2 Å². The Labute approximate surface area is 182 Å². The van der Waals surface area contributed by atoms with E-state index in [0.29, 0.717) is 24.9 Å². The zero-order chi connectivity index (χ0) is 21.0. The number of likely N-dealkylation sites (tertiary alicyclic amines) is 1. The van der Waals surface area contributed by atoms with Crippen molar-refractivity contribution in [3.63, 3.8) is 0 Å². The molecule has 1 aromatic rings. The van der Waals surface area contributed by atoms with E-state index in [0.717, 1.165) is 55.0 Å². The van der Waals surface area contributed by atoms with Crippen LogP contribution >= 0.6 is 15.9 Å². The van der Waals surface area contributed by atoms with E-state index in [9.17, 15) is 9.59 Å². The van der Waals surface area contributed by atoms with Crippen LogP contribution in [0.25, 0.3) is 0 Å². The van der Waals surface area contributed by atoms with Gasteiger partial charge in [0.05, 0.1) is 13.1 Å². The van der Waals surface area contributed by atoms with Gasteiger partial charge in [0.25, 0.3) is 0 Å². The lowest BCUT2D eigenvalue weighted by molar-refractivity contribution is -0.135. The highest BCUT2D eigenvalue weighted by molar-refractivity contribution is 9.10. The number of benzene rings is 1. The Hall–Kier alpha value is -1.44. The van der Waals surface area contributed by atoms with Gasteiger partial charge in [0.2, 0.25) is 11.8 Å². The Morgan fingerprint density at radius 2 is 1.62 bits per heavy atom. The standard InChI is InChI=1S/C22H33BrN4O2/c1-16-10-17(2)13-27(12-16)22(29)15-26-8-6-25(7-9-26)14-21(28)24-19-5-4-18(3)20(23)11-19/h4-5,11,16-17H,6-10,12-15H2,1-3H3,(H,24,28)/t16-,17-/m0/s1. The molecule has 2 heterocycles. The van der Waals surface area contributed by atoms with Gasteiger partial charge in [0.1, 0.15) is 0 Å². The maximum Gasteiger partial charge on any atom is 0.238 e. The molecule has 0 radical (unpaired) electrons. The molecule has 1 N–H and O–H groups in total. The van der Waals surface area contributed by atoms with E-state index in [-0.39, 0.29) is 11.8 Å². The summed E-state index contributed by atoms with van der Waals surface area (Å²) in [5.74, 6) is 1.43. The van der Waals surface area contributed by atoms with Crippen molar-refractivity contribution in [3.05, 3.63) is 28.2 Å². The molecule has 3 rings (SSSR count). The minimum absolute atomic E-state index is 0.00145. The minimum atomic E-state index is 0.00145. The fourth-order valence-electron chi connectivity index (χ4n) is 4.34. The zero-order valence-electron chi connectivity index (χ0n) is 17.8. The highest BCUT2D eigenvalue weighted by Crippen LogP contribution is 2.22. The first-order valence-corrected chi connectivity index (χ1v) is 11.4. The number of carbonyl (C=O) groups is 2. The van der Waals surface area contributed by atoms with E-state index in [1.54, 1.807) is 0 Å². The molecule has 0 unspecified atom stereocenters. The fraction of sp³-hybridized carbons (Fsp3) is 0.636. The van der Waals surface area contributed by atoms with Crippen LogP contribution in [0.5, 0.6) is 0 Å². The maximum absolute atomic E-state index is 12.7. The molecule has 2 saturated heterocycles. The van der Waals surface area contributed by atoms with Crippen LogP contribution in [0.3, 0.4) is 0 Å². The van der Waals surface area contributed by atoms with Gasteiger partial charge in [0.15, 0.2) is 0 Å². The Bertz CT molecular complexity index is 724. The van der Waals surface area contributed by atoms with Gasteiger partial charge in [0, 0.05) is 49.4 Å². The molecule has 0 spiro atoms. The molecule has 160 valence electrons. The number of halogens is 1. The summed E-state index contributed by atoms with van der Waals surface area (Å²) in [6.45, 7) is 12.4. The largest absolute Gasteiger partial charge is 0.341 e. The number of hydrogen-bond donors (Lipinski definition) is 1. The molecule has 2 aliphatic heterocycles. The van der Waals surface area contributed by atoms with Crippen LogP contribution in [-0.2, 0) is 9.59 Å². The van der Waals surface area contributed by atoms with Crippen LogP contribution in [0, 0.1) is 18.8 Å². The lowest BCUT2D eigenvalue weighted by Crippen LogP contribution is -2.52. The molecule has 0 aliphatic carbocycles. The van der Waals surface area contributed by atoms with Crippen molar-refractivity contribution in [2.75, 3.05) is 57.7 Å². The molecule has 1 aromatic carbocycles. The van der Waals surface area contributed by atoms with E-state index in [1.165, 1.54) is 6.42 Å². The summed E-state index contributed by atoms with van der Waals surface area (Å²) in [5, 5.41) is 2.97. The van der Waals surface area contributed by atoms with Gasteiger partial charge in [-0.1, -0.05) is 35.8 Å². The van der Waals surface area contributed by atoms with Gasteiger partial charge in [-0.3, -0.25) is 19.4 Å². The first-order valence-electron chi connectivity index (χ1n) is 10.6. The van der Waals surface area contributed by atoms with Crippen molar-refractivity contribution in [3.8, 4) is 0 Å². The highest BCUT2D eigenvalue weighted by atomic mass is 79.9. The quantitative estimate of drug-likeness (QED) is 0.727.